The van der Waals surface area contributed by atoms with Crippen LogP contribution in [0.5, 0.6) is 0 Å². The quantitative estimate of drug-likeness (QED) is 0.864. The van der Waals surface area contributed by atoms with E-state index in [9.17, 15) is 5.26 Å². The molecule has 1 aliphatic carbocycles. The molecule has 0 N–H and O–H groups in total. The Kier molecular flexibility index (Phi) is 4.00. The van der Waals surface area contributed by atoms with E-state index in [0.717, 1.165) is 25.8 Å². The number of benzene rings is 2. The molecule has 0 unspecified atom stereocenters. The Bertz CT molecular complexity index is 662. The minimum absolute atomic E-state index is 0.534. The van der Waals surface area contributed by atoms with E-state index in [1.165, 1.54) is 22.3 Å². The Morgan fingerprint density at radius 1 is 0.955 bits per heavy atom. The SMILES string of the molecule is CN(C)CCC1(C#N)c2ccccc2CCc2ccccc21. The van der Waals surface area contributed by atoms with Crippen LogP contribution in [0.2, 0.25) is 0 Å². The molecule has 0 saturated carbocycles. The average molecular weight is 290 g/mol. The molecular formula is C20H22N2. The monoisotopic (exact) mass is 290 g/mol. The fourth-order valence-corrected chi connectivity index (χ4v) is 3.56. The van der Waals surface area contributed by atoms with E-state index in [-0.39, 0.29) is 0 Å². The first-order chi connectivity index (χ1) is 10.7. The maximum Gasteiger partial charge on any atom is 0.109 e. The zero-order valence-electron chi connectivity index (χ0n) is 13.3. The second-order valence-corrected chi connectivity index (χ2v) is 6.38. The first-order valence-corrected chi connectivity index (χ1v) is 7.90. The third-order valence-corrected chi connectivity index (χ3v) is 4.74. The molecule has 0 amide bonds. The number of rotatable bonds is 3. The van der Waals surface area contributed by atoms with Gasteiger partial charge in [-0.15, -0.1) is 0 Å². The van der Waals surface area contributed by atoms with Gasteiger partial charge in [0.15, 0.2) is 0 Å². The van der Waals surface area contributed by atoms with Crippen molar-refractivity contribution in [3.63, 3.8) is 0 Å². The van der Waals surface area contributed by atoms with E-state index in [0.29, 0.717) is 0 Å². The Morgan fingerprint density at radius 2 is 1.45 bits per heavy atom. The van der Waals surface area contributed by atoms with Crippen molar-refractivity contribution in [2.24, 2.45) is 0 Å². The van der Waals surface area contributed by atoms with Crippen LogP contribution in [0.3, 0.4) is 0 Å². The summed E-state index contributed by atoms with van der Waals surface area (Å²) in [5, 5.41) is 10.2. The van der Waals surface area contributed by atoms with Crippen LogP contribution >= 0.6 is 0 Å². The highest BCUT2D eigenvalue weighted by Gasteiger charge is 2.39. The third kappa shape index (κ3) is 2.42. The van der Waals surface area contributed by atoms with Gasteiger partial charge in [-0.2, -0.15) is 5.26 Å². The molecule has 2 nitrogen and oxygen atoms in total. The van der Waals surface area contributed by atoms with Gasteiger partial charge < -0.3 is 4.90 Å². The van der Waals surface area contributed by atoms with Crippen molar-refractivity contribution < 1.29 is 0 Å². The van der Waals surface area contributed by atoms with Crippen LogP contribution in [0, 0.1) is 11.3 Å². The lowest BCUT2D eigenvalue weighted by Gasteiger charge is -2.30. The first-order valence-electron chi connectivity index (χ1n) is 7.90. The molecule has 2 aromatic carbocycles. The van der Waals surface area contributed by atoms with Gasteiger partial charge in [-0.25, -0.2) is 0 Å². The van der Waals surface area contributed by atoms with Gasteiger partial charge in [-0.1, -0.05) is 48.5 Å². The molecular weight excluding hydrogens is 268 g/mol. The van der Waals surface area contributed by atoms with E-state index >= 15 is 0 Å². The molecule has 0 saturated heterocycles. The summed E-state index contributed by atoms with van der Waals surface area (Å²) in [6, 6.07) is 19.7. The highest BCUT2D eigenvalue weighted by molar-refractivity contribution is 5.54. The van der Waals surface area contributed by atoms with Crippen molar-refractivity contribution in [2.45, 2.75) is 24.7 Å². The lowest BCUT2D eigenvalue weighted by Crippen LogP contribution is -2.31. The molecule has 0 fully saturated rings. The second-order valence-electron chi connectivity index (χ2n) is 6.38. The van der Waals surface area contributed by atoms with Gasteiger partial charge in [0.05, 0.1) is 6.07 Å². The number of hydrogen-bond acceptors (Lipinski definition) is 2. The predicted molar refractivity (Wildman–Crippen MR) is 89.9 cm³/mol. The summed E-state index contributed by atoms with van der Waals surface area (Å²) in [4.78, 5) is 2.16. The van der Waals surface area contributed by atoms with Crippen molar-refractivity contribution in [1.29, 1.82) is 5.26 Å². The summed E-state index contributed by atoms with van der Waals surface area (Å²) >= 11 is 0. The zero-order valence-corrected chi connectivity index (χ0v) is 13.3. The number of hydrogen-bond donors (Lipinski definition) is 0. The van der Waals surface area contributed by atoms with Gasteiger partial charge in [0.25, 0.3) is 0 Å². The third-order valence-electron chi connectivity index (χ3n) is 4.74. The van der Waals surface area contributed by atoms with E-state index in [1.54, 1.807) is 0 Å². The van der Waals surface area contributed by atoms with Crippen LogP contribution in [0.4, 0.5) is 0 Å². The Hall–Kier alpha value is -2.11. The Balaban J connectivity index is 2.23. The lowest BCUT2D eigenvalue weighted by atomic mass is 9.71. The maximum absolute atomic E-state index is 10.2. The van der Waals surface area contributed by atoms with Gasteiger partial charge in [0, 0.05) is 0 Å². The van der Waals surface area contributed by atoms with E-state index in [4.69, 9.17) is 0 Å². The van der Waals surface area contributed by atoms with Crippen LogP contribution < -0.4 is 0 Å². The minimum atomic E-state index is -0.534. The molecule has 0 aromatic heterocycles. The summed E-state index contributed by atoms with van der Waals surface area (Å²) in [6.45, 7) is 0.899. The fraction of sp³-hybridized carbons (Fsp3) is 0.350. The lowest BCUT2D eigenvalue weighted by molar-refractivity contribution is 0.371. The predicted octanol–water partition coefficient (Wildman–Crippen LogP) is 3.55. The number of nitriles is 1. The molecule has 0 bridgehead atoms. The van der Waals surface area contributed by atoms with E-state index < -0.39 is 5.41 Å². The van der Waals surface area contributed by atoms with Crippen molar-refractivity contribution in [2.75, 3.05) is 20.6 Å². The zero-order chi connectivity index (χ0) is 15.6. The van der Waals surface area contributed by atoms with Crippen LogP contribution in [0.1, 0.15) is 28.7 Å². The summed E-state index contributed by atoms with van der Waals surface area (Å²) in [6.07, 6.45) is 2.85. The van der Waals surface area contributed by atoms with Gasteiger partial charge >= 0.3 is 0 Å². The number of fused-ring (bicyclic) bond motifs is 2. The highest BCUT2D eigenvalue weighted by atomic mass is 15.0. The van der Waals surface area contributed by atoms with Crippen LogP contribution in [-0.4, -0.2) is 25.5 Å². The van der Waals surface area contributed by atoms with Crippen LogP contribution in [-0.2, 0) is 18.3 Å². The van der Waals surface area contributed by atoms with Crippen molar-refractivity contribution >= 4 is 0 Å². The van der Waals surface area contributed by atoms with Crippen LogP contribution in [0.25, 0.3) is 0 Å². The normalized spacial score (nSPS) is 15.5. The molecule has 1 aliphatic rings. The summed E-state index contributed by atoms with van der Waals surface area (Å²) in [5.74, 6) is 0. The maximum atomic E-state index is 10.2. The minimum Gasteiger partial charge on any atom is -0.309 e. The van der Waals surface area contributed by atoms with E-state index in [2.05, 4.69) is 73.6 Å². The smallest absolute Gasteiger partial charge is 0.109 e. The van der Waals surface area contributed by atoms with Gasteiger partial charge in [-0.05, 0) is 62.2 Å². The Labute approximate surface area is 133 Å². The standard InChI is InChI=1S/C20H22N2/c1-22(2)14-13-20(15-21)18-9-5-3-7-16(18)11-12-17-8-4-6-10-19(17)20/h3-10H,11-14H2,1-2H3. The Morgan fingerprint density at radius 3 is 1.91 bits per heavy atom. The molecule has 112 valence electrons. The number of nitrogens with zero attached hydrogens (tertiary/aromatic N) is 2. The summed E-state index contributed by atoms with van der Waals surface area (Å²) in [7, 11) is 4.14. The van der Waals surface area contributed by atoms with Crippen molar-refractivity contribution in [1.82, 2.24) is 4.90 Å². The van der Waals surface area contributed by atoms with Gasteiger partial charge in [0.1, 0.15) is 5.41 Å². The van der Waals surface area contributed by atoms with Crippen molar-refractivity contribution in [3.05, 3.63) is 70.8 Å². The average Bonchev–Trinajstić information content (AvgIpc) is 2.68. The van der Waals surface area contributed by atoms with E-state index in [1.807, 2.05) is 0 Å². The molecule has 0 aliphatic heterocycles. The summed E-state index contributed by atoms with van der Waals surface area (Å²) < 4.78 is 0. The highest BCUT2D eigenvalue weighted by Crippen LogP contribution is 2.41. The fourth-order valence-electron chi connectivity index (χ4n) is 3.56. The molecule has 0 radical (unpaired) electrons. The topological polar surface area (TPSA) is 27.0 Å². The van der Waals surface area contributed by atoms with Crippen LogP contribution in [0.15, 0.2) is 48.5 Å². The van der Waals surface area contributed by atoms with Crippen molar-refractivity contribution in [3.8, 4) is 6.07 Å². The second kappa shape index (κ2) is 5.94. The molecule has 0 spiro atoms. The van der Waals surface area contributed by atoms with Gasteiger partial charge in [-0.3, -0.25) is 0 Å². The first kappa shape index (κ1) is 14.8. The molecule has 0 atom stereocenters. The summed E-state index contributed by atoms with van der Waals surface area (Å²) in [5.41, 5.74) is 4.50. The largest absolute Gasteiger partial charge is 0.309 e. The number of aryl methyl sites for hydroxylation is 2. The molecule has 0 heterocycles. The molecule has 22 heavy (non-hydrogen) atoms. The van der Waals surface area contributed by atoms with Gasteiger partial charge in [0.2, 0.25) is 0 Å². The molecule has 3 rings (SSSR count). The molecule has 2 aromatic rings. The molecule has 2 heteroatoms.